The molecule has 0 spiro atoms. The van der Waals surface area contributed by atoms with Crippen LogP contribution in [0.3, 0.4) is 0 Å². The van der Waals surface area contributed by atoms with Gasteiger partial charge in [0, 0.05) is 43.4 Å². The van der Waals surface area contributed by atoms with E-state index in [4.69, 9.17) is 16.1 Å². The van der Waals surface area contributed by atoms with Gasteiger partial charge in [0.15, 0.2) is 0 Å². The molecule has 4 rings (SSSR count). The number of halogens is 2. The Kier molecular flexibility index (Phi) is 6.44. The monoisotopic (exact) mass is 440 g/mol. The molecule has 0 aliphatic carbocycles. The Hall–Kier alpha value is -3.03. The van der Waals surface area contributed by atoms with Gasteiger partial charge in [0.1, 0.15) is 5.82 Å². The molecule has 0 unspecified atom stereocenters. The minimum Gasteiger partial charge on any atom is -0.338 e. The SMILES string of the molecule is Cc1ccc(-c2noc(CN3CCN(C(=O)/C=C/c4c(F)cccc4Cl)CC3)n2)cc1. The van der Waals surface area contributed by atoms with Crippen molar-refractivity contribution in [2.45, 2.75) is 13.5 Å². The minimum atomic E-state index is -0.453. The van der Waals surface area contributed by atoms with E-state index in [1.54, 1.807) is 11.0 Å². The van der Waals surface area contributed by atoms with E-state index in [0.717, 1.165) is 5.56 Å². The van der Waals surface area contributed by atoms with Crippen molar-refractivity contribution in [1.82, 2.24) is 19.9 Å². The molecular formula is C23H22ClFN4O2. The van der Waals surface area contributed by atoms with Crippen LogP contribution in [0.1, 0.15) is 17.0 Å². The maximum atomic E-state index is 13.8. The number of amides is 1. The number of rotatable bonds is 5. The highest BCUT2D eigenvalue weighted by atomic mass is 35.5. The molecule has 0 bridgehead atoms. The number of piperazine rings is 1. The zero-order valence-corrected chi connectivity index (χ0v) is 17.8. The van der Waals surface area contributed by atoms with Crippen LogP contribution < -0.4 is 0 Å². The van der Waals surface area contributed by atoms with Crippen molar-refractivity contribution >= 4 is 23.6 Å². The predicted molar refractivity (Wildman–Crippen MR) is 117 cm³/mol. The molecule has 0 atom stereocenters. The van der Waals surface area contributed by atoms with Crippen LogP contribution in [-0.4, -0.2) is 52.0 Å². The normalized spacial score (nSPS) is 15.0. The Morgan fingerprint density at radius 1 is 1.16 bits per heavy atom. The molecule has 1 saturated heterocycles. The summed E-state index contributed by atoms with van der Waals surface area (Å²) in [6.07, 6.45) is 2.79. The van der Waals surface area contributed by atoms with Crippen molar-refractivity contribution < 1.29 is 13.7 Å². The van der Waals surface area contributed by atoms with Crippen LogP contribution in [0.5, 0.6) is 0 Å². The summed E-state index contributed by atoms with van der Waals surface area (Å²) < 4.78 is 19.2. The third-order valence-electron chi connectivity index (χ3n) is 5.21. The smallest absolute Gasteiger partial charge is 0.246 e. The van der Waals surface area contributed by atoms with Gasteiger partial charge in [-0.2, -0.15) is 4.98 Å². The highest BCUT2D eigenvalue weighted by molar-refractivity contribution is 6.32. The zero-order valence-electron chi connectivity index (χ0n) is 17.1. The fraction of sp³-hybridized carbons (Fsp3) is 0.261. The number of hydrogen-bond donors (Lipinski definition) is 0. The lowest BCUT2D eigenvalue weighted by Gasteiger charge is -2.33. The second kappa shape index (κ2) is 9.41. The molecule has 1 amide bonds. The molecule has 31 heavy (non-hydrogen) atoms. The van der Waals surface area contributed by atoms with Gasteiger partial charge in [-0.15, -0.1) is 0 Å². The summed E-state index contributed by atoms with van der Waals surface area (Å²) in [6, 6.07) is 12.4. The Morgan fingerprint density at radius 3 is 2.61 bits per heavy atom. The topological polar surface area (TPSA) is 62.5 Å². The van der Waals surface area contributed by atoms with Crippen LogP contribution in [-0.2, 0) is 11.3 Å². The zero-order chi connectivity index (χ0) is 21.8. The molecule has 1 aliphatic rings. The summed E-state index contributed by atoms with van der Waals surface area (Å²) in [4.78, 5) is 20.8. The number of nitrogens with zero attached hydrogens (tertiary/aromatic N) is 4. The van der Waals surface area contributed by atoms with Crippen LogP contribution in [0.15, 0.2) is 53.1 Å². The maximum absolute atomic E-state index is 13.8. The third-order valence-corrected chi connectivity index (χ3v) is 5.54. The minimum absolute atomic E-state index is 0.168. The molecule has 1 aliphatic heterocycles. The van der Waals surface area contributed by atoms with E-state index < -0.39 is 5.82 Å². The van der Waals surface area contributed by atoms with Gasteiger partial charge in [0.2, 0.25) is 17.6 Å². The average Bonchev–Trinajstić information content (AvgIpc) is 3.23. The van der Waals surface area contributed by atoms with Crippen LogP contribution in [0.4, 0.5) is 4.39 Å². The fourth-order valence-corrected chi connectivity index (χ4v) is 3.61. The van der Waals surface area contributed by atoms with E-state index in [-0.39, 0.29) is 16.5 Å². The number of hydrogen-bond acceptors (Lipinski definition) is 5. The summed E-state index contributed by atoms with van der Waals surface area (Å²) in [5.74, 6) is 0.495. The van der Waals surface area contributed by atoms with Crippen molar-refractivity contribution in [1.29, 1.82) is 0 Å². The number of carbonyl (C=O) groups is 1. The van der Waals surface area contributed by atoms with Crippen LogP contribution in [0.25, 0.3) is 17.5 Å². The first-order valence-corrected chi connectivity index (χ1v) is 10.4. The van der Waals surface area contributed by atoms with Crippen LogP contribution >= 0.6 is 11.6 Å². The average molecular weight is 441 g/mol. The van der Waals surface area contributed by atoms with Crippen molar-refractivity contribution in [3.05, 3.63) is 76.4 Å². The van der Waals surface area contributed by atoms with Crippen LogP contribution in [0.2, 0.25) is 5.02 Å². The van der Waals surface area contributed by atoms with E-state index in [9.17, 15) is 9.18 Å². The standard InChI is InChI=1S/C23H22ClFN4O2/c1-16-5-7-17(8-6-16)23-26-21(31-27-23)15-28-11-13-29(14-12-28)22(30)10-9-18-19(24)3-2-4-20(18)25/h2-10H,11-15H2,1H3/b10-9+. The largest absolute Gasteiger partial charge is 0.338 e. The number of carbonyl (C=O) groups excluding carboxylic acids is 1. The molecule has 160 valence electrons. The Labute approximate surface area is 184 Å². The first-order valence-electron chi connectivity index (χ1n) is 10.0. The molecule has 1 aromatic heterocycles. The molecule has 8 heteroatoms. The maximum Gasteiger partial charge on any atom is 0.246 e. The quantitative estimate of drug-likeness (QED) is 0.556. The summed E-state index contributed by atoms with van der Waals surface area (Å²) in [5, 5.41) is 4.34. The first kappa shape index (κ1) is 21.2. The second-order valence-corrected chi connectivity index (χ2v) is 7.86. The van der Waals surface area contributed by atoms with Crippen molar-refractivity contribution in [2.75, 3.05) is 26.2 Å². The second-order valence-electron chi connectivity index (χ2n) is 7.45. The van der Waals surface area contributed by atoms with E-state index in [0.29, 0.717) is 44.4 Å². The van der Waals surface area contributed by atoms with Gasteiger partial charge in [-0.3, -0.25) is 9.69 Å². The summed E-state index contributed by atoms with van der Waals surface area (Å²) >= 11 is 6.00. The first-order chi connectivity index (χ1) is 15.0. The van der Waals surface area contributed by atoms with E-state index in [1.165, 1.54) is 29.8 Å². The number of aromatic nitrogens is 2. The van der Waals surface area contributed by atoms with Gasteiger partial charge in [0.25, 0.3) is 0 Å². The lowest BCUT2D eigenvalue weighted by Crippen LogP contribution is -2.47. The molecule has 0 N–H and O–H groups in total. The van der Waals surface area contributed by atoms with E-state index in [1.807, 2.05) is 31.2 Å². The predicted octanol–water partition coefficient (Wildman–Crippen LogP) is 4.20. The van der Waals surface area contributed by atoms with Gasteiger partial charge in [-0.1, -0.05) is 52.7 Å². The summed E-state index contributed by atoms with van der Waals surface area (Å²) in [5.41, 5.74) is 2.31. The molecule has 2 aromatic carbocycles. The van der Waals surface area contributed by atoms with Crippen molar-refractivity contribution in [3.8, 4) is 11.4 Å². The number of benzene rings is 2. The third kappa shape index (κ3) is 5.18. The molecule has 3 aromatic rings. The summed E-state index contributed by atoms with van der Waals surface area (Å²) in [6.45, 7) is 5.05. The van der Waals surface area contributed by atoms with E-state index >= 15 is 0 Å². The number of aryl methyl sites for hydroxylation is 1. The molecule has 0 radical (unpaired) electrons. The molecular weight excluding hydrogens is 419 g/mol. The van der Waals surface area contributed by atoms with Gasteiger partial charge in [0.05, 0.1) is 11.6 Å². The summed E-state index contributed by atoms with van der Waals surface area (Å²) in [7, 11) is 0. The van der Waals surface area contributed by atoms with Gasteiger partial charge in [-0.05, 0) is 25.1 Å². The molecule has 0 saturated carbocycles. The highest BCUT2D eigenvalue weighted by Gasteiger charge is 2.21. The van der Waals surface area contributed by atoms with Crippen molar-refractivity contribution in [3.63, 3.8) is 0 Å². The van der Waals surface area contributed by atoms with Gasteiger partial charge in [-0.25, -0.2) is 4.39 Å². The Balaban J connectivity index is 1.30. The molecule has 6 nitrogen and oxygen atoms in total. The van der Waals surface area contributed by atoms with Gasteiger partial charge < -0.3 is 9.42 Å². The van der Waals surface area contributed by atoms with E-state index in [2.05, 4.69) is 15.0 Å². The molecule has 1 fully saturated rings. The van der Waals surface area contributed by atoms with Gasteiger partial charge >= 0.3 is 0 Å². The fourth-order valence-electron chi connectivity index (χ4n) is 3.39. The van der Waals surface area contributed by atoms with Crippen LogP contribution in [0, 0.1) is 12.7 Å². The molecule has 2 heterocycles. The Bertz CT molecular complexity index is 1070. The van der Waals surface area contributed by atoms with Crippen molar-refractivity contribution in [2.24, 2.45) is 0 Å². The lowest BCUT2D eigenvalue weighted by molar-refractivity contribution is -0.127. The highest BCUT2D eigenvalue weighted by Crippen LogP contribution is 2.21. The Morgan fingerprint density at radius 2 is 1.90 bits per heavy atom. The lowest BCUT2D eigenvalue weighted by atomic mass is 10.1.